The summed E-state index contributed by atoms with van der Waals surface area (Å²) < 4.78 is 27.4. The number of aryl methyl sites for hydroxylation is 1. The van der Waals surface area contributed by atoms with E-state index in [-0.39, 0.29) is 0 Å². The van der Waals surface area contributed by atoms with Crippen LogP contribution in [-0.4, -0.2) is 19.9 Å². The second-order valence-electron chi connectivity index (χ2n) is 5.57. The lowest BCUT2D eigenvalue weighted by Gasteiger charge is -2.08. The zero-order valence-corrected chi connectivity index (χ0v) is 15.4. The van der Waals surface area contributed by atoms with Gasteiger partial charge in [-0.2, -0.15) is 0 Å². The third-order valence-electron chi connectivity index (χ3n) is 3.56. The van der Waals surface area contributed by atoms with Gasteiger partial charge in [0.25, 0.3) is 10.0 Å². The predicted molar refractivity (Wildman–Crippen MR) is 103 cm³/mol. The Hall–Kier alpha value is -2.38. The molecule has 0 amide bonds. The van der Waals surface area contributed by atoms with E-state index in [2.05, 4.69) is 27.2 Å². The van der Waals surface area contributed by atoms with Gasteiger partial charge in [0, 0.05) is 11.4 Å². The van der Waals surface area contributed by atoms with Crippen LogP contribution in [0.25, 0.3) is 0 Å². The Morgan fingerprint density at radius 2 is 1.84 bits per heavy atom. The van der Waals surface area contributed by atoms with Gasteiger partial charge in [-0.25, -0.2) is 13.4 Å². The van der Waals surface area contributed by atoms with Crippen molar-refractivity contribution in [1.29, 1.82) is 0 Å². The number of thiophene rings is 1. The normalized spacial score (nSPS) is 11.2. The van der Waals surface area contributed by atoms with E-state index in [1.165, 1.54) is 23.1 Å². The SMILES string of the molecule is Cc1ccc(S(=O)(=O)Nc2ccc(NCCc3ccccc3)nc2)s1. The van der Waals surface area contributed by atoms with Crippen LogP contribution < -0.4 is 10.0 Å². The van der Waals surface area contributed by atoms with Gasteiger partial charge in [-0.3, -0.25) is 4.72 Å². The van der Waals surface area contributed by atoms with Gasteiger partial charge in [0.1, 0.15) is 10.0 Å². The minimum absolute atomic E-state index is 0.301. The molecule has 2 N–H and O–H groups in total. The van der Waals surface area contributed by atoms with Crippen LogP contribution in [0.4, 0.5) is 11.5 Å². The number of nitrogens with one attached hydrogen (secondary N) is 2. The highest BCUT2D eigenvalue weighted by Gasteiger charge is 2.16. The van der Waals surface area contributed by atoms with Crippen molar-refractivity contribution in [1.82, 2.24) is 4.98 Å². The van der Waals surface area contributed by atoms with E-state index in [0.717, 1.165) is 17.8 Å². The highest BCUT2D eigenvalue weighted by Crippen LogP contribution is 2.23. The van der Waals surface area contributed by atoms with Crippen molar-refractivity contribution in [2.45, 2.75) is 17.6 Å². The molecule has 2 aromatic heterocycles. The van der Waals surface area contributed by atoms with Crippen LogP contribution >= 0.6 is 11.3 Å². The molecule has 0 saturated heterocycles. The second kappa shape index (κ2) is 7.67. The molecule has 0 spiro atoms. The number of hydrogen-bond acceptors (Lipinski definition) is 5. The van der Waals surface area contributed by atoms with Crippen LogP contribution in [0, 0.1) is 6.92 Å². The summed E-state index contributed by atoms with van der Waals surface area (Å²) in [4.78, 5) is 5.21. The van der Waals surface area contributed by atoms with E-state index in [1.54, 1.807) is 24.3 Å². The average Bonchev–Trinajstić information content (AvgIpc) is 3.05. The predicted octanol–water partition coefficient (Wildman–Crippen LogP) is 3.91. The summed E-state index contributed by atoms with van der Waals surface area (Å²) in [5.74, 6) is 0.714. The van der Waals surface area contributed by atoms with Crippen molar-refractivity contribution in [2.24, 2.45) is 0 Å². The van der Waals surface area contributed by atoms with E-state index in [9.17, 15) is 8.42 Å². The summed E-state index contributed by atoms with van der Waals surface area (Å²) in [6, 6.07) is 17.1. The minimum Gasteiger partial charge on any atom is -0.370 e. The first-order valence-corrected chi connectivity index (χ1v) is 10.2. The van der Waals surface area contributed by atoms with Crippen LogP contribution in [0.2, 0.25) is 0 Å². The van der Waals surface area contributed by atoms with Crippen LogP contribution in [-0.2, 0) is 16.4 Å². The Labute approximate surface area is 151 Å². The van der Waals surface area contributed by atoms with Crippen molar-refractivity contribution in [3.8, 4) is 0 Å². The van der Waals surface area contributed by atoms with Crippen LogP contribution in [0.5, 0.6) is 0 Å². The van der Waals surface area contributed by atoms with Gasteiger partial charge in [0.05, 0.1) is 11.9 Å². The quantitative estimate of drug-likeness (QED) is 0.659. The first-order chi connectivity index (χ1) is 12.0. The molecule has 25 heavy (non-hydrogen) atoms. The van der Waals surface area contributed by atoms with Gasteiger partial charge >= 0.3 is 0 Å². The molecule has 0 unspecified atom stereocenters. The Kier molecular flexibility index (Phi) is 5.35. The standard InChI is InChI=1S/C18H19N3O2S2/c1-14-7-10-18(24-14)25(22,23)21-16-8-9-17(20-13-16)19-12-11-15-5-3-2-4-6-15/h2-10,13,21H,11-12H2,1H3,(H,19,20). The summed E-state index contributed by atoms with van der Waals surface area (Å²) in [5, 5.41) is 3.23. The molecule has 0 bridgehead atoms. The maximum atomic E-state index is 12.3. The zero-order valence-electron chi connectivity index (χ0n) is 13.8. The minimum atomic E-state index is -3.55. The summed E-state index contributed by atoms with van der Waals surface area (Å²) >= 11 is 1.24. The molecule has 0 radical (unpaired) electrons. The molecule has 5 nitrogen and oxygen atoms in total. The maximum absolute atomic E-state index is 12.3. The Morgan fingerprint density at radius 1 is 1.04 bits per heavy atom. The summed E-state index contributed by atoms with van der Waals surface area (Å²) in [5.41, 5.74) is 1.70. The molecule has 7 heteroatoms. The van der Waals surface area contributed by atoms with Crippen molar-refractivity contribution in [3.05, 3.63) is 71.2 Å². The molecule has 1 aromatic carbocycles. The van der Waals surface area contributed by atoms with E-state index >= 15 is 0 Å². The molecule has 0 aliphatic rings. The molecule has 3 aromatic rings. The van der Waals surface area contributed by atoms with Gasteiger partial charge in [-0.05, 0) is 43.2 Å². The lowest BCUT2D eigenvalue weighted by atomic mass is 10.1. The summed E-state index contributed by atoms with van der Waals surface area (Å²) in [6.07, 6.45) is 2.41. The van der Waals surface area contributed by atoms with Crippen molar-refractivity contribution in [2.75, 3.05) is 16.6 Å². The summed E-state index contributed by atoms with van der Waals surface area (Å²) in [6.45, 7) is 2.64. The third kappa shape index (κ3) is 4.80. The molecule has 0 fully saturated rings. The number of pyridine rings is 1. The monoisotopic (exact) mass is 373 g/mol. The molecule has 0 saturated carbocycles. The number of nitrogens with zero attached hydrogens (tertiary/aromatic N) is 1. The fourth-order valence-corrected chi connectivity index (χ4v) is 4.63. The Morgan fingerprint density at radius 3 is 2.48 bits per heavy atom. The number of aromatic nitrogens is 1. The number of anilines is 2. The van der Waals surface area contributed by atoms with Gasteiger partial charge in [-0.1, -0.05) is 30.3 Å². The van der Waals surface area contributed by atoms with Gasteiger partial charge < -0.3 is 5.32 Å². The maximum Gasteiger partial charge on any atom is 0.271 e. The van der Waals surface area contributed by atoms with Crippen molar-refractivity contribution < 1.29 is 8.42 Å². The number of benzene rings is 1. The lowest BCUT2D eigenvalue weighted by molar-refractivity contribution is 0.603. The molecule has 2 heterocycles. The first-order valence-electron chi connectivity index (χ1n) is 7.86. The van der Waals surface area contributed by atoms with E-state index in [0.29, 0.717) is 15.7 Å². The van der Waals surface area contributed by atoms with Gasteiger partial charge in [-0.15, -0.1) is 11.3 Å². The fraction of sp³-hybridized carbons (Fsp3) is 0.167. The molecular weight excluding hydrogens is 354 g/mol. The van der Waals surface area contributed by atoms with Crippen molar-refractivity contribution in [3.63, 3.8) is 0 Å². The topological polar surface area (TPSA) is 71.1 Å². The molecule has 0 aliphatic carbocycles. The van der Waals surface area contributed by atoms with Crippen molar-refractivity contribution >= 4 is 32.9 Å². The zero-order chi connectivity index (χ0) is 17.7. The molecule has 0 aliphatic heterocycles. The van der Waals surface area contributed by atoms with Gasteiger partial charge in [0.15, 0.2) is 0 Å². The molecule has 130 valence electrons. The smallest absolute Gasteiger partial charge is 0.271 e. The number of hydrogen-bond donors (Lipinski definition) is 2. The fourth-order valence-electron chi connectivity index (χ4n) is 2.30. The molecule has 3 rings (SSSR count). The second-order valence-corrected chi connectivity index (χ2v) is 8.76. The average molecular weight is 374 g/mol. The molecule has 0 atom stereocenters. The van der Waals surface area contributed by atoms with E-state index < -0.39 is 10.0 Å². The van der Waals surface area contributed by atoms with Gasteiger partial charge in [0.2, 0.25) is 0 Å². The largest absolute Gasteiger partial charge is 0.370 e. The highest BCUT2D eigenvalue weighted by atomic mass is 32.2. The van der Waals surface area contributed by atoms with Crippen LogP contribution in [0.3, 0.4) is 0 Å². The number of rotatable bonds is 7. The molecular formula is C18H19N3O2S2. The van der Waals surface area contributed by atoms with E-state index in [1.807, 2.05) is 25.1 Å². The highest BCUT2D eigenvalue weighted by molar-refractivity contribution is 7.94. The van der Waals surface area contributed by atoms with Crippen LogP contribution in [0.15, 0.2) is 65.0 Å². The number of sulfonamides is 1. The Balaban J connectivity index is 1.57. The summed E-state index contributed by atoms with van der Waals surface area (Å²) in [7, 11) is -3.55. The third-order valence-corrected chi connectivity index (χ3v) is 6.43. The Bertz CT molecular complexity index is 920. The van der Waals surface area contributed by atoms with E-state index in [4.69, 9.17) is 0 Å². The lowest BCUT2D eigenvalue weighted by Crippen LogP contribution is -2.12. The van der Waals surface area contributed by atoms with Crippen LogP contribution in [0.1, 0.15) is 10.4 Å². The first kappa shape index (κ1) is 17.4.